The Kier molecular flexibility index (Phi) is 3.37. The van der Waals surface area contributed by atoms with Crippen molar-refractivity contribution in [2.75, 3.05) is 20.3 Å². The Bertz CT molecular complexity index is 210. The molecule has 82 valence electrons. The molecule has 4 heteroatoms. The van der Waals surface area contributed by atoms with Crippen molar-refractivity contribution in [2.24, 2.45) is 0 Å². The predicted molar refractivity (Wildman–Crippen MR) is 53.2 cm³/mol. The summed E-state index contributed by atoms with van der Waals surface area (Å²) in [6.45, 7) is 6.99. The van der Waals surface area contributed by atoms with Crippen LogP contribution in [0.2, 0.25) is 0 Å². The van der Waals surface area contributed by atoms with E-state index in [0.717, 1.165) is 13.0 Å². The zero-order valence-electron chi connectivity index (χ0n) is 9.37. The lowest BCUT2D eigenvalue weighted by molar-refractivity contribution is -0.0218. The van der Waals surface area contributed by atoms with Crippen LogP contribution < -0.4 is 0 Å². The average molecular weight is 201 g/mol. The van der Waals surface area contributed by atoms with Crippen LogP contribution in [0.3, 0.4) is 0 Å². The van der Waals surface area contributed by atoms with Gasteiger partial charge in [0.1, 0.15) is 5.60 Å². The van der Waals surface area contributed by atoms with Crippen molar-refractivity contribution in [3.05, 3.63) is 0 Å². The highest BCUT2D eigenvalue weighted by molar-refractivity contribution is 5.69. The van der Waals surface area contributed by atoms with Crippen molar-refractivity contribution < 1.29 is 14.3 Å². The van der Waals surface area contributed by atoms with Crippen LogP contribution in [0.15, 0.2) is 0 Å². The number of carbonyl (C=O) groups is 1. The van der Waals surface area contributed by atoms with Crippen LogP contribution in [0.5, 0.6) is 0 Å². The Morgan fingerprint density at radius 3 is 2.50 bits per heavy atom. The fourth-order valence-corrected chi connectivity index (χ4v) is 1.37. The molecule has 0 spiro atoms. The minimum absolute atomic E-state index is 0.204. The third-order valence-electron chi connectivity index (χ3n) is 2.13. The van der Waals surface area contributed by atoms with Crippen LogP contribution >= 0.6 is 0 Å². The molecule has 1 aliphatic heterocycles. The molecule has 0 aromatic carbocycles. The molecule has 14 heavy (non-hydrogen) atoms. The van der Waals surface area contributed by atoms with E-state index in [1.165, 1.54) is 0 Å². The molecule has 1 rings (SSSR count). The Labute approximate surface area is 85.2 Å². The number of nitrogens with zero attached hydrogens (tertiary/aromatic N) is 1. The third kappa shape index (κ3) is 2.87. The van der Waals surface area contributed by atoms with Crippen molar-refractivity contribution in [1.82, 2.24) is 4.90 Å². The number of ether oxygens (including phenoxy) is 2. The smallest absolute Gasteiger partial charge is 0.410 e. The quantitative estimate of drug-likeness (QED) is 0.681. The van der Waals surface area contributed by atoms with Crippen LogP contribution in [0.1, 0.15) is 27.2 Å². The van der Waals surface area contributed by atoms with E-state index in [1.807, 2.05) is 20.8 Å². The van der Waals surface area contributed by atoms with Gasteiger partial charge in [-0.1, -0.05) is 0 Å². The van der Waals surface area contributed by atoms with Crippen LogP contribution in [0.4, 0.5) is 4.79 Å². The van der Waals surface area contributed by atoms with Crippen molar-refractivity contribution in [1.29, 1.82) is 0 Å². The molecule has 1 saturated heterocycles. The molecule has 1 heterocycles. The molecule has 1 amide bonds. The number of hydrogen-bond acceptors (Lipinski definition) is 3. The van der Waals surface area contributed by atoms with Gasteiger partial charge in [-0.05, 0) is 27.2 Å². The van der Waals surface area contributed by atoms with Crippen LogP contribution in [0, 0.1) is 0 Å². The lowest BCUT2D eigenvalue weighted by atomic mass is 10.1. The van der Waals surface area contributed by atoms with E-state index in [0.29, 0.717) is 6.61 Å². The van der Waals surface area contributed by atoms with Gasteiger partial charge in [0.25, 0.3) is 0 Å². The topological polar surface area (TPSA) is 38.8 Å². The molecule has 0 radical (unpaired) electrons. The minimum atomic E-state index is -0.412. The lowest BCUT2D eigenvalue weighted by Gasteiger charge is -2.40. The number of likely N-dealkylation sites (tertiary alicyclic amines) is 1. The second-order valence-electron chi connectivity index (χ2n) is 4.57. The van der Waals surface area contributed by atoms with Crippen molar-refractivity contribution in [3.8, 4) is 0 Å². The molecule has 0 aromatic heterocycles. The number of carbonyl (C=O) groups excluding carboxylic acids is 1. The maximum atomic E-state index is 11.6. The Morgan fingerprint density at radius 2 is 2.14 bits per heavy atom. The average Bonchev–Trinajstić information content (AvgIpc) is 1.93. The van der Waals surface area contributed by atoms with Gasteiger partial charge in [0.15, 0.2) is 0 Å². The highest BCUT2D eigenvalue weighted by Crippen LogP contribution is 2.21. The van der Waals surface area contributed by atoms with E-state index >= 15 is 0 Å². The molecular formula is C10H19NO3. The largest absolute Gasteiger partial charge is 0.444 e. The number of methoxy groups -OCH3 is 1. The first-order valence-electron chi connectivity index (χ1n) is 4.92. The van der Waals surface area contributed by atoms with Gasteiger partial charge in [-0.25, -0.2) is 4.79 Å². The molecule has 0 aromatic rings. The summed E-state index contributed by atoms with van der Waals surface area (Å²) in [5.74, 6) is 0. The van der Waals surface area contributed by atoms with Gasteiger partial charge in [0.2, 0.25) is 0 Å². The molecule has 1 aliphatic rings. The first-order valence-corrected chi connectivity index (χ1v) is 4.92. The molecule has 4 nitrogen and oxygen atoms in total. The van der Waals surface area contributed by atoms with Crippen molar-refractivity contribution >= 4 is 6.09 Å². The van der Waals surface area contributed by atoms with Gasteiger partial charge >= 0.3 is 6.09 Å². The second-order valence-corrected chi connectivity index (χ2v) is 4.57. The predicted octanol–water partition coefficient (Wildman–Crippen LogP) is 1.64. The summed E-state index contributed by atoms with van der Waals surface area (Å²) >= 11 is 0. The van der Waals surface area contributed by atoms with E-state index in [9.17, 15) is 4.79 Å². The highest BCUT2D eigenvalue weighted by Gasteiger charge is 2.34. The first kappa shape index (κ1) is 11.3. The standard InChI is InChI=1S/C10H19NO3/c1-10(2,3)14-9(12)11-6-5-8(11)7-13-4/h8H,5-7H2,1-4H3/t8-/m1/s1. The Morgan fingerprint density at radius 1 is 1.50 bits per heavy atom. The second kappa shape index (κ2) is 4.17. The Hall–Kier alpha value is -0.770. The Balaban J connectivity index is 2.38. The normalized spacial score (nSPS) is 21.7. The molecule has 0 saturated carbocycles. The van der Waals surface area contributed by atoms with Crippen molar-refractivity contribution in [3.63, 3.8) is 0 Å². The molecule has 0 unspecified atom stereocenters. The fraction of sp³-hybridized carbons (Fsp3) is 0.900. The van der Waals surface area contributed by atoms with E-state index in [-0.39, 0.29) is 12.1 Å². The molecular weight excluding hydrogens is 182 g/mol. The lowest BCUT2D eigenvalue weighted by Crippen LogP contribution is -2.54. The van der Waals surface area contributed by atoms with E-state index in [1.54, 1.807) is 12.0 Å². The SMILES string of the molecule is COC[C@H]1CCN1C(=O)OC(C)(C)C. The van der Waals surface area contributed by atoms with Gasteiger partial charge in [0.05, 0.1) is 12.6 Å². The van der Waals surface area contributed by atoms with Gasteiger partial charge < -0.3 is 14.4 Å². The summed E-state index contributed by atoms with van der Waals surface area (Å²) in [5, 5.41) is 0. The molecule has 1 fully saturated rings. The van der Waals surface area contributed by atoms with Crippen LogP contribution in [0.25, 0.3) is 0 Å². The number of hydrogen-bond donors (Lipinski definition) is 0. The van der Waals surface area contributed by atoms with Gasteiger partial charge in [0, 0.05) is 13.7 Å². The minimum Gasteiger partial charge on any atom is -0.444 e. The summed E-state index contributed by atoms with van der Waals surface area (Å²) in [5.41, 5.74) is -0.412. The summed E-state index contributed by atoms with van der Waals surface area (Å²) in [6.07, 6.45) is 0.776. The van der Waals surface area contributed by atoms with Gasteiger partial charge in [-0.3, -0.25) is 0 Å². The molecule has 0 aliphatic carbocycles. The monoisotopic (exact) mass is 201 g/mol. The highest BCUT2D eigenvalue weighted by atomic mass is 16.6. The summed E-state index contributed by atoms with van der Waals surface area (Å²) in [4.78, 5) is 13.3. The fourth-order valence-electron chi connectivity index (χ4n) is 1.37. The maximum Gasteiger partial charge on any atom is 0.410 e. The van der Waals surface area contributed by atoms with Gasteiger partial charge in [-0.2, -0.15) is 0 Å². The molecule has 0 N–H and O–H groups in total. The van der Waals surface area contributed by atoms with Crippen molar-refractivity contribution in [2.45, 2.75) is 38.8 Å². The summed E-state index contributed by atoms with van der Waals surface area (Å²) < 4.78 is 10.3. The summed E-state index contributed by atoms with van der Waals surface area (Å²) in [6, 6.07) is 0.204. The van der Waals surface area contributed by atoms with Gasteiger partial charge in [-0.15, -0.1) is 0 Å². The van der Waals surface area contributed by atoms with Crippen LogP contribution in [-0.2, 0) is 9.47 Å². The van der Waals surface area contributed by atoms with E-state index < -0.39 is 5.60 Å². The molecule has 1 atom stereocenters. The first-order chi connectivity index (χ1) is 6.44. The van der Waals surface area contributed by atoms with Crippen LogP contribution in [-0.4, -0.2) is 42.9 Å². The zero-order chi connectivity index (χ0) is 10.8. The van der Waals surface area contributed by atoms with E-state index in [2.05, 4.69) is 0 Å². The molecule has 0 bridgehead atoms. The zero-order valence-corrected chi connectivity index (χ0v) is 9.37. The summed E-state index contributed by atoms with van der Waals surface area (Å²) in [7, 11) is 1.64. The third-order valence-corrected chi connectivity index (χ3v) is 2.13. The number of rotatable bonds is 2. The number of amides is 1. The van der Waals surface area contributed by atoms with E-state index in [4.69, 9.17) is 9.47 Å². The maximum absolute atomic E-state index is 11.6.